The normalized spacial score (nSPS) is 10.7. The van der Waals surface area contributed by atoms with E-state index in [1.165, 1.54) is 11.3 Å². The molecule has 0 radical (unpaired) electrons. The molecule has 3 N–H and O–H groups in total. The monoisotopic (exact) mass is 382 g/mol. The molecule has 5 nitrogen and oxygen atoms in total. The number of phenols is 2. The average molecular weight is 382 g/mol. The molecule has 1 aromatic heterocycles. The number of aromatic nitrogens is 1. The van der Waals surface area contributed by atoms with E-state index < -0.39 is 0 Å². The number of nitrogens with one attached hydrogen (secondary N) is 1. The minimum atomic E-state index is -0.0355. The third-order valence-electron chi connectivity index (χ3n) is 4.15. The van der Waals surface area contributed by atoms with E-state index in [4.69, 9.17) is 0 Å². The van der Waals surface area contributed by atoms with Crippen LogP contribution in [0, 0.1) is 0 Å². The number of rotatable bonds is 7. The molecule has 0 atom stereocenters. The Morgan fingerprint density at radius 2 is 1.56 bits per heavy atom. The Balaban J connectivity index is 1.92. The molecule has 0 bridgehead atoms. The Labute approximate surface area is 162 Å². The van der Waals surface area contributed by atoms with Crippen LogP contribution in [-0.2, 0) is 4.79 Å². The van der Waals surface area contributed by atoms with Crippen molar-refractivity contribution in [3.63, 3.8) is 0 Å². The van der Waals surface area contributed by atoms with Gasteiger partial charge in [0.25, 0.3) is 0 Å². The van der Waals surface area contributed by atoms with Crippen molar-refractivity contribution in [3.8, 4) is 33.2 Å². The number of benzene rings is 2. The summed E-state index contributed by atoms with van der Waals surface area (Å²) in [6, 6.07) is 13.7. The molecule has 1 amide bonds. The Kier molecular flexibility index (Phi) is 6.08. The highest BCUT2D eigenvalue weighted by Gasteiger charge is 2.16. The van der Waals surface area contributed by atoms with Gasteiger partial charge in [-0.2, -0.15) is 0 Å². The number of carbonyl (C=O) groups is 1. The smallest absolute Gasteiger partial charge is 0.226 e. The molecular weight excluding hydrogens is 360 g/mol. The number of amides is 1. The number of nitrogens with zero attached hydrogens (tertiary/aromatic N) is 1. The van der Waals surface area contributed by atoms with Gasteiger partial charge < -0.3 is 15.5 Å². The van der Waals surface area contributed by atoms with Crippen LogP contribution in [0.25, 0.3) is 21.7 Å². The summed E-state index contributed by atoms with van der Waals surface area (Å²) in [5.41, 5.74) is 2.48. The fourth-order valence-electron chi connectivity index (χ4n) is 2.71. The van der Waals surface area contributed by atoms with Gasteiger partial charge in [0, 0.05) is 12.0 Å². The van der Waals surface area contributed by atoms with Crippen molar-refractivity contribution in [2.45, 2.75) is 32.6 Å². The van der Waals surface area contributed by atoms with Gasteiger partial charge in [0.15, 0.2) is 5.13 Å². The maximum atomic E-state index is 12.2. The van der Waals surface area contributed by atoms with Crippen LogP contribution in [0.1, 0.15) is 32.6 Å². The zero-order chi connectivity index (χ0) is 19.2. The fraction of sp³-hybridized carbons (Fsp3) is 0.238. The molecule has 3 rings (SSSR count). The Bertz CT molecular complexity index is 839. The standard InChI is InChI=1S/C21H22N2O3S/c1-2-3-4-5-18(26)22-21-23-19(14-6-10-16(24)11-7-14)20(27-21)15-8-12-17(25)13-9-15/h6-13,24-25H,2-5H2,1H3,(H,22,23,26). The molecule has 6 heteroatoms. The number of hydrogen-bond acceptors (Lipinski definition) is 5. The number of hydrogen-bond donors (Lipinski definition) is 3. The van der Waals surface area contributed by atoms with E-state index in [1.807, 2.05) is 12.1 Å². The Morgan fingerprint density at radius 1 is 0.963 bits per heavy atom. The van der Waals surface area contributed by atoms with E-state index >= 15 is 0 Å². The molecule has 27 heavy (non-hydrogen) atoms. The topological polar surface area (TPSA) is 82.5 Å². The molecule has 0 aliphatic rings. The van der Waals surface area contributed by atoms with Crippen molar-refractivity contribution in [2.75, 3.05) is 5.32 Å². The lowest BCUT2D eigenvalue weighted by molar-refractivity contribution is -0.116. The lowest BCUT2D eigenvalue weighted by Gasteiger charge is -2.03. The van der Waals surface area contributed by atoms with Gasteiger partial charge in [-0.3, -0.25) is 4.79 Å². The number of aromatic hydroxyl groups is 2. The first-order valence-corrected chi connectivity index (χ1v) is 9.78. The largest absolute Gasteiger partial charge is 0.508 e. The molecule has 1 heterocycles. The summed E-state index contributed by atoms with van der Waals surface area (Å²) in [5, 5.41) is 22.5. The van der Waals surface area contributed by atoms with Crippen LogP contribution >= 0.6 is 11.3 Å². The van der Waals surface area contributed by atoms with Gasteiger partial charge >= 0.3 is 0 Å². The van der Waals surface area contributed by atoms with Gasteiger partial charge in [0.1, 0.15) is 11.5 Å². The molecule has 3 aromatic rings. The van der Waals surface area contributed by atoms with E-state index in [0.29, 0.717) is 11.6 Å². The van der Waals surface area contributed by atoms with Crippen LogP contribution in [0.5, 0.6) is 11.5 Å². The molecule has 140 valence electrons. The van der Waals surface area contributed by atoms with E-state index in [9.17, 15) is 15.0 Å². The van der Waals surface area contributed by atoms with Crippen molar-refractivity contribution >= 4 is 22.4 Å². The predicted octanol–water partition coefficient (Wildman–Crippen LogP) is 5.41. The van der Waals surface area contributed by atoms with Crippen molar-refractivity contribution in [1.29, 1.82) is 0 Å². The zero-order valence-corrected chi connectivity index (χ0v) is 15.9. The summed E-state index contributed by atoms with van der Waals surface area (Å²) in [7, 11) is 0. The average Bonchev–Trinajstić information content (AvgIpc) is 3.07. The van der Waals surface area contributed by atoms with Crippen molar-refractivity contribution in [3.05, 3.63) is 48.5 Å². The highest BCUT2D eigenvalue weighted by Crippen LogP contribution is 2.39. The second-order valence-electron chi connectivity index (χ2n) is 6.30. The SMILES string of the molecule is CCCCCC(=O)Nc1nc(-c2ccc(O)cc2)c(-c2ccc(O)cc2)s1. The van der Waals surface area contributed by atoms with E-state index in [0.717, 1.165) is 41.0 Å². The summed E-state index contributed by atoms with van der Waals surface area (Å²) in [6.45, 7) is 2.10. The second kappa shape index (κ2) is 8.68. The number of carbonyl (C=O) groups excluding carboxylic acids is 1. The van der Waals surface area contributed by atoms with Gasteiger partial charge in [-0.25, -0.2) is 4.98 Å². The first kappa shape index (κ1) is 18.9. The van der Waals surface area contributed by atoms with Crippen LogP contribution in [0.4, 0.5) is 5.13 Å². The molecule has 2 aromatic carbocycles. The van der Waals surface area contributed by atoms with Gasteiger partial charge in [-0.15, -0.1) is 0 Å². The minimum Gasteiger partial charge on any atom is -0.508 e. The maximum Gasteiger partial charge on any atom is 0.226 e. The molecule has 0 saturated carbocycles. The molecule has 0 fully saturated rings. The highest BCUT2D eigenvalue weighted by atomic mass is 32.1. The molecule has 0 aliphatic heterocycles. The predicted molar refractivity (Wildman–Crippen MR) is 109 cm³/mol. The van der Waals surface area contributed by atoms with Crippen LogP contribution in [0.3, 0.4) is 0 Å². The lowest BCUT2D eigenvalue weighted by Crippen LogP contribution is -2.10. The molecular formula is C21H22N2O3S. The quantitative estimate of drug-likeness (QED) is 0.477. The van der Waals surface area contributed by atoms with Crippen molar-refractivity contribution in [2.24, 2.45) is 0 Å². The highest BCUT2D eigenvalue weighted by molar-refractivity contribution is 7.19. The zero-order valence-electron chi connectivity index (χ0n) is 15.1. The van der Waals surface area contributed by atoms with E-state index in [2.05, 4.69) is 17.2 Å². The minimum absolute atomic E-state index is 0.0355. The fourth-order valence-corrected chi connectivity index (χ4v) is 3.72. The van der Waals surface area contributed by atoms with Gasteiger partial charge in [0.05, 0.1) is 10.6 Å². The summed E-state index contributed by atoms with van der Waals surface area (Å²) < 4.78 is 0. The van der Waals surface area contributed by atoms with E-state index in [-0.39, 0.29) is 17.4 Å². The molecule has 0 aliphatic carbocycles. The maximum absolute atomic E-state index is 12.2. The van der Waals surface area contributed by atoms with Crippen molar-refractivity contribution < 1.29 is 15.0 Å². The number of anilines is 1. The molecule has 0 spiro atoms. The summed E-state index contributed by atoms with van der Waals surface area (Å²) >= 11 is 1.40. The van der Waals surface area contributed by atoms with E-state index in [1.54, 1.807) is 36.4 Å². The first-order valence-electron chi connectivity index (χ1n) is 8.96. The van der Waals surface area contributed by atoms with Crippen LogP contribution in [0.15, 0.2) is 48.5 Å². The molecule has 0 saturated heterocycles. The summed E-state index contributed by atoms with van der Waals surface area (Å²) in [5.74, 6) is 0.343. The van der Waals surface area contributed by atoms with Gasteiger partial charge in [-0.05, 0) is 60.5 Å². The number of unbranched alkanes of at least 4 members (excludes halogenated alkanes) is 2. The molecule has 0 unspecified atom stereocenters. The number of phenolic OH excluding ortho intramolecular Hbond substituents is 2. The Morgan fingerprint density at radius 3 is 2.15 bits per heavy atom. The summed E-state index contributed by atoms with van der Waals surface area (Å²) in [6.07, 6.45) is 3.45. The summed E-state index contributed by atoms with van der Waals surface area (Å²) in [4.78, 5) is 17.7. The number of thiazole rings is 1. The van der Waals surface area contributed by atoms with Crippen LogP contribution < -0.4 is 5.32 Å². The first-order chi connectivity index (χ1) is 13.1. The Hall–Kier alpha value is -2.86. The second-order valence-corrected chi connectivity index (χ2v) is 7.29. The third kappa shape index (κ3) is 4.86. The lowest BCUT2D eigenvalue weighted by atomic mass is 10.1. The van der Waals surface area contributed by atoms with Crippen LogP contribution in [0.2, 0.25) is 0 Å². The van der Waals surface area contributed by atoms with Gasteiger partial charge in [0.2, 0.25) is 5.91 Å². The third-order valence-corrected chi connectivity index (χ3v) is 5.17. The van der Waals surface area contributed by atoms with Gasteiger partial charge in [-0.1, -0.05) is 31.1 Å². The van der Waals surface area contributed by atoms with Crippen molar-refractivity contribution in [1.82, 2.24) is 4.98 Å². The van der Waals surface area contributed by atoms with Crippen LogP contribution in [-0.4, -0.2) is 21.1 Å².